The van der Waals surface area contributed by atoms with Gasteiger partial charge in [-0.1, -0.05) is 51.7 Å². The zero-order valence-electron chi connectivity index (χ0n) is 21.1. The highest BCUT2D eigenvalue weighted by molar-refractivity contribution is 5.28. The molecule has 31 heavy (non-hydrogen) atoms. The lowest BCUT2D eigenvalue weighted by molar-refractivity contribution is -0.0641. The van der Waals surface area contributed by atoms with E-state index < -0.39 is 0 Å². The van der Waals surface area contributed by atoms with Crippen molar-refractivity contribution in [3.05, 3.63) is 11.1 Å². The van der Waals surface area contributed by atoms with Crippen molar-refractivity contribution in [1.29, 1.82) is 0 Å². The molecule has 0 radical (unpaired) electrons. The first kappa shape index (κ1) is 22.5. The third-order valence-corrected chi connectivity index (χ3v) is 10.9. The Bertz CT molecular complexity index is 699. The summed E-state index contributed by atoms with van der Waals surface area (Å²) >= 11 is 0. The molecule has 9 atom stereocenters. The van der Waals surface area contributed by atoms with Gasteiger partial charge >= 0.3 is 0 Å². The Morgan fingerprint density at radius 3 is 2.71 bits per heavy atom. The molecule has 7 unspecified atom stereocenters. The number of hydrogen-bond acceptors (Lipinski definition) is 2. The maximum absolute atomic E-state index is 6.92. The number of piperidine rings is 1. The Morgan fingerprint density at radius 2 is 1.87 bits per heavy atom. The molecule has 2 saturated heterocycles. The van der Waals surface area contributed by atoms with E-state index in [4.69, 9.17) is 4.74 Å². The molecule has 1 N–H and O–H groups in total. The van der Waals surface area contributed by atoms with E-state index in [1.807, 2.05) is 19.4 Å². The van der Waals surface area contributed by atoms with Gasteiger partial charge in [-0.15, -0.1) is 0 Å². The number of allylic oxidation sites excluding steroid dienone is 1. The van der Waals surface area contributed by atoms with Crippen LogP contribution in [0.25, 0.3) is 0 Å². The summed E-state index contributed by atoms with van der Waals surface area (Å²) in [5.41, 5.74) is 4.44. The second kappa shape index (κ2) is 8.46. The standard InChI is InChI=1S/C27H43NO.C2H6/c1-17-12-25-24(28-16-17)15-27(29-25)11-9-20-21-8-7-19-6-4-5-10-26(19,3)23(21)13-22(20)18(2)14-27;1-2/h17,19-21,23-25,28H,4-16H2,1-3H3;1-2H3/t17?,19?,20?,21?,23?,24?,25-,26?,27+;/m1./s1. The molecule has 2 heterocycles. The van der Waals surface area contributed by atoms with E-state index in [-0.39, 0.29) is 5.60 Å². The van der Waals surface area contributed by atoms with Gasteiger partial charge in [-0.25, -0.2) is 0 Å². The summed E-state index contributed by atoms with van der Waals surface area (Å²) in [5, 5.41) is 3.83. The van der Waals surface area contributed by atoms with Crippen LogP contribution in [0.5, 0.6) is 0 Å². The van der Waals surface area contributed by atoms with Crippen molar-refractivity contribution in [3.63, 3.8) is 0 Å². The number of rotatable bonds is 0. The zero-order chi connectivity index (χ0) is 21.8. The summed E-state index contributed by atoms with van der Waals surface area (Å²) in [4.78, 5) is 0. The number of nitrogens with one attached hydrogen (secondary N) is 1. The van der Waals surface area contributed by atoms with E-state index in [2.05, 4.69) is 26.1 Å². The molecule has 2 nitrogen and oxygen atoms in total. The summed E-state index contributed by atoms with van der Waals surface area (Å²) < 4.78 is 6.92. The fourth-order valence-electron chi connectivity index (χ4n) is 9.48. The van der Waals surface area contributed by atoms with Crippen LogP contribution in [-0.2, 0) is 4.74 Å². The normalized spacial score (nSPS) is 51.2. The van der Waals surface area contributed by atoms with Crippen LogP contribution in [0, 0.1) is 35.0 Å². The Hall–Kier alpha value is -0.340. The molecule has 1 spiro atoms. The van der Waals surface area contributed by atoms with Gasteiger partial charge in [0.15, 0.2) is 0 Å². The second-order valence-corrected chi connectivity index (χ2v) is 12.5. The molecule has 176 valence electrons. The fraction of sp³-hybridized carbons (Fsp3) is 0.931. The molecule has 0 aromatic carbocycles. The minimum Gasteiger partial charge on any atom is -0.370 e. The van der Waals surface area contributed by atoms with E-state index >= 15 is 0 Å². The van der Waals surface area contributed by atoms with Crippen molar-refractivity contribution < 1.29 is 4.74 Å². The Balaban J connectivity index is 0.000000994. The van der Waals surface area contributed by atoms with Crippen molar-refractivity contribution in [2.75, 3.05) is 6.54 Å². The van der Waals surface area contributed by atoms with Crippen LogP contribution in [0.3, 0.4) is 0 Å². The van der Waals surface area contributed by atoms with Crippen LogP contribution >= 0.6 is 0 Å². The van der Waals surface area contributed by atoms with Crippen molar-refractivity contribution >= 4 is 0 Å². The predicted molar refractivity (Wildman–Crippen MR) is 130 cm³/mol. The minimum atomic E-state index is 0.148. The summed E-state index contributed by atoms with van der Waals surface area (Å²) in [5.74, 6) is 4.65. The summed E-state index contributed by atoms with van der Waals surface area (Å²) in [7, 11) is 0. The largest absolute Gasteiger partial charge is 0.370 e. The van der Waals surface area contributed by atoms with Crippen molar-refractivity contribution in [1.82, 2.24) is 5.32 Å². The molecule has 0 amide bonds. The fourth-order valence-corrected chi connectivity index (χ4v) is 9.48. The van der Waals surface area contributed by atoms with Gasteiger partial charge in [0.05, 0.1) is 11.7 Å². The first-order valence-electron chi connectivity index (χ1n) is 14.1. The van der Waals surface area contributed by atoms with Crippen LogP contribution in [0.4, 0.5) is 0 Å². The quantitative estimate of drug-likeness (QED) is 0.410. The molecule has 6 aliphatic rings. The van der Waals surface area contributed by atoms with Crippen molar-refractivity contribution in [2.24, 2.45) is 35.0 Å². The first-order valence-corrected chi connectivity index (χ1v) is 14.1. The summed E-state index contributed by atoms with van der Waals surface area (Å²) in [6.45, 7) is 12.8. The average Bonchev–Trinajstić information content (AvgIpc) is 3.28. The third kappa shape index (κ3) is 3.67. The zero-order valence-corrected chi connectivity index (χ0v) is 21.1. The third-order valence-electron chi connectivity index (χ3n) is 10.9. The SMILES string of the molecule is CC.CC1=C2CC3C(CCC4CCCCC43C)C2CC[C@]2(C1)CC1NCC(C)C[C@H]1O2. The van der Waals surface area contributed by atoms with Crippen LogP contribution < -0.4 is 5.32 Å². The number of fused-ring (bicyclic) bond motifs is 6. The monoisotopic (exact) mass is 427 g/mol. The lowest BCUT2D eigenvalue weighted by atomic mass is 9.52. The molecule has 2 heteroatoms. The van der Waals surface area contributed by atoms with E-state index in [1.54, 1.807) is 5.57 Å². The molecule has 2 aliphatic heterocycles. The average molecular weight is 428 g/mol. The molecule has 5 fully saturated rings. The van der Waals surface area contributed by atoms with Crippen LogP contribution in [0.1, 0.15) is 112 Å². The first-order chi connectivity index (χ1) is 15.0. The van der Waals surface area contributed by atoms with E-state index in [0.717, 1.165) is 29.6 Å². The second-order valence-electron chi connectivity index (χ2n) is 12.5. The highest BCUT2D eigenvalue weighted by atomic mass is 16.5. The van der Waals surface area contributed by atoms with Gasteiger partial charge in [-0.05, 0) is 113 Å². The molecular formula is C29H49NO. The molecule has 0 bridgehead atoms. The summed E-state index contributed by atoms with van der Waals surface area (Å²) in [6, 6.07) is 0.617. The maximum Gasteiger partial charge on any atom is 0.0740 e. The van der Waals surface area contributed by atoms with Gasteiger partial charge in [-0.3, -0.25) is 0 Å². The van der Waals surface area contributed by atoms with Gasteiger partial charge in [0, 0.05) is 6.04 Å². The van der Waals surface area contributed by atoms with E-state index in [0.29, 0.717) is 17.6 Å². The van der Waals surface area contributed by atoms with Crippen LogP contribution in [0.15, 0.2) is 11.1 Å². The topological polar surface area (TPSA) is 21.3 Å². The predicted octanol–water partition coefficient (Wildman–Crippen LogP) is 7.28. The molecule has 0 aromatic heterocycles. The maximum atomic E-state index is 6.92. The van der Waals surface area contributed by atoms with Crippen LogP contribution in [-0.4, -0.2) is 24.3 Å². The minimum absolute atomic E-state index is 0.148. The highest BCUT2D eigenvalue weighted by Gasteiger charge is 2.57. The van der Waals surface area contributed by atoms with E-state index in [9.17, 15) is 0 Å². The van der Waals surface area contributed by atoms with Gasteiger partial charge < -0.3 is 10.1 Å². The van der Waals surface area contributed by atoms with Gasteiger partial charge in [0.25, 0.3) is 0 Å². The van der Waals surface area contributed by atoms with Crippen LogP contribution in [0.2, 0.25) is 0 Å². The Kier molecular flexibility index (Phi) is 6.13. The molecule has 0 aromatic rings. The van der Waals surface area contributed by atoms with Gasteiger partial charge in [-0.2, -0.15) is 0 Å². The molecule has 6 rings (SSSR count). The number of ether oxygens (including phenoxy) is 1. The smallest absolute Gasteiger partial charge is 0.0740 e. The van der Waals surface area contributed by atoms with Crippen molar-refractivity contribution in [2.45, 2.75) is 129 Å². The molecular weight excluding hydrogens is 378 g/mol. The molecule has 4 aliphatic carbocycles. The van der Waals surface area contributed by atoms with Crippen molar-refractivity contribution in [3.8, 4) is 0 Å². The van der Waals surface area contributed by atoms with E-state index in [1.165, 1.54) is 83.6 Å². The Labute approximate surface area is 192 Å². The molecule has 3 saturated carbocycles. The van der Waals surface area contributed by atoms with Gasteiger partial charge in [0.2, 0.25) is 0 Å². The Morgan fingerprint density at radius 1 is 1.03 bits per heavy atom. The number of hydrogen-bond donors (Lipinski definition) is 1. The highest BCUT2D eigenvalue weighted by Crippen LogP contribution is 2.64. The lowest BCUT2D eigenvalue weighted by Crippen LogP contribution is -2.45. The lowest BCUT2D eigenvalue weighted by Gasteiger charge is -2.52. The van der Waals surface area contributed by atoms with Gasteiger partial charge in [0.1, 0.15) is 0 Å². The summed E-state index contributed by atoms with van der Waals surface area (Å²) in [6.07, 6.45) is 17.4.